The van der Waals surface area contributed by atoms with Crippen LogP contribution in [0.5, 0.6) is 11.5 Å². The number of aromatic nitrogens is 1. The van der Waals surface area contributed by atoms with Crippen molar-refractivity contribution in [1.29, 1.82) is 0 Å². The Kier molecular flexibility index (Phi) is 3.63. The van der Waals surface area contributed by atoms with Crippen molar-refractivity contribution in [2.45, 2.75) is 18.8 Å². The van der Waals surface area contributed by atoms with E-state index >= 15 is 0 Å². The maximum Gasteiger partial charge on any atom is 0.230 e. The van der Waals surface area contributed by atoms with E-state index in [1.165, 1.54) is 0 Å². The number of amides is 1. The summed E-state index contributed by atoms with van der Waals surface area (Å²) in [4.78, 5) is 19.0. The first-order valence-corrected chi connectivity index (χ1v) is 8.19. The number of nitrogens with zero attached hydrogens (tertiary/aromatic N) is 2. The van der Waals surface area contributed by atoms with Gasteiger partial charge in [-0.05, 0) is 42.7 Å². The van der Waals surface area contributed by atoms with E-state index in [4.69, 9.17) is 9.47 Å². The number of hydrogen-bond acceptors (Lipinski definition) is 4. The van der Waals surface area contributed by atoms with Gasteiger partial charge in [-0.25, -0.2) is 0 Å². The van der Waals surface area contributed by atoms with Gasteiger partial charge in [-0.1, -0.05) is 0 Å². The number of methoxy groups -OCH3 is 2. The van der Waals surface area contributed by atoms with Crippen molar-refractivity contribution in [2.75, 3.05) is 25.7 Å². The molecule has 1 amide bonds. The number of pyridine rings is 1. The number of carbonyl (C=O) groups is 1. The Morgan fingerprint density at radius 1 is 1.25 bits per heavy atom. The molecule has 0 radical (unpaired) electrons. The predicted octanol–water partition coefficient (Wildman–Crippen LogP) is 2.79. The van der Waals surface area contributed by atoms with Gasteiger partial charge in [-0.2, -0.15) is 0 Å². The third-order valence-corrected chi connectivity index (χ3v) is 4.98. The Balaban J connectivity index is 1.56. The molecular weight excluding hydrogens is 304 g/mol. The highest BCUT2D eigenvalue weighted by Gasteiger charge is 2.48. The van der Waals surface area contributed by atoms with Gasteiger partial charge in [0.25, 0.3) is 0 Å². The first-order valence-electron chi connectivity index (χ1n) is 8.19. The summed E-state index contributed by atoms with van der Waals surface area (Å²) in [5.74, 6) is 2.04. The average Bonchev–Trinajstić information content (AvgIpc) is 3.32. The summed E-state index contributed by atoms with van der Waals surface area (Å²) in [6, 6.07) is 7.71. The number of ether oxygens (including phenoxy) is 2. The number of hydrogen-bond donors (Lipinski definition) is 0. The molecule has 5 heteroatoms. The Bertz CT molecular complexity index is 790. The zero-order valence-electron chi connectivity index (χ0n) is 13.9. The van der Waals surface area contributed by atoms with Gasteiger partial charge in [0.1, 0.15) is 11.5 Å². The minimum Gasteiger partial charge on any atom is -0.497 e. The molecule has 2 aliphatic rings. The molecule has 0 unspecified atom stereocenters. The van der Waals surface area contributed by atoms with E-state index in [1.807, 2.05) is 35.4 Å². The summed E-state index contributed by atoms with van der Waals surface area (Å²) < 4.78 is 10.8. The number of benzene rings is 1. The van der Waals surface area contributed by atoms with Gasteiger partial charge >= 0.3 is 0 Å². The lowest BCUT2D eigenvalue weighted by molar-refractivity contribution is -0.119. The van der Waals surface area contributed by atoms with Crippen LogP contribution in [-0.2, 0) is 11.2 Å². The van der Waals surface area contributed by atoms with Crippen LogP contribution in [0.15, 0.2) is 36.7 Å². The summed E-state index contributed by atoms with van der Waals surface area (Å²) in [5, 5.41) is 0. The van der Waals surface area contributed by atoms with E-state index < -0.39 is 0 Å². The van der Waals surface area contributed by atoms with Crippen LogP contribution in [-0.4, -0.2) is 31.7 Å². The molecule has 1 aromatic carbocycles. The molecule has 1 aromatic heterocycles. The van der Waals surface area contributed by atoms with Crippen LogP contribution < -0.4 is 14.4 Å². The van der Waals surface area contributed by atoms with E-state index in [9.17, 15) is 4.79 Å². The molecule has 4 rings (SSSR count). The third-order valence-electron chi connectivity index (χ3n) is 4.98. The van der Waals surface area contributed by atoms with Crippen molar-refractivity contribution in [3.63, 3.8) is 0 Å². The zero-order valence-corrected chi connectivity index (χ0v) is 13.9. The molecule has 1 saturated carbocycles. The molecule has 2 heterocycles. The van der Waals surface area contributed by atoms with E-state index in [-0.39, 0.29) is 17.7 Å². The summed E-state index contributed by atoms with van der Waals surface area (Å²) in [6.45, 7) is 0.748. The average molecular weight is 324 g/mol. The quantitative estimate of drug-likeness (QED) is 0.868. The summed E-state index contributed by atoms with van der Waals surface area (Å²) in [6.07, 6.45) is 5.35. The first kappa shape index (κ1) is 15.0. The molecule has 124 valence electrons. The van der Waals surface area contributed by atoms with Crippen molar-refractivity contribution in [3.8, 4) is 11.5 Å². The van der Waals surface area contributed by atoms with Crippen molar-refractivity contribution < 1.29 is 14.3 Å². The molecular formula is C19H20N2O3. The standard InChI is InChI=1S/C19H20N2O3/c1-23-13-3-4-18(24-2)15(9-13)14-10-16(14)19(22)21-8-6-12-11-20-7-5-17(12)21/h3-5,7,9,11,14,16H,6,8,10H2,1-2H3/t14-,16+/m1/s1. The fourth-order valence-electron chi connectivity index (χ4n) is 3.60. The number of rotatable bonds is 4. The van der Waals surface area contributed by atoms with Crippen molar-refractivity contribution in [2.24, 2.45) is 5.92 Å². The highest BCUT2D eigenvalue weighted by Crippen LogP contribution is 2.52. The molecule has 1 aliphatic carbocycles. The third kappa shape index (κ3) is 2.40. The smallest absolute Gasteiger partial charge is 0.230 e. The van der Waals surface area contributed by atoms with Gasteiger partial charge < -0.3 is 14.4 Å². The van der Waals surface area contributed by atoms with Crippen molar-refractivity contribution >= 4 is 11.6 Å². The van der Waals surface area contributed by atoms with E-state index in [0.717, 1.165) is 47.7 Å². The van der Waals surface area contributed by atoms with Crippen LogP contribution in [0.25, 0.3) is 0 Å². The van der Waals surface area contributed by atoms with Gasteiger partial charge in [0.2, 0.25) is 5.91 Å². The highest BCUT2D eigenvalue weighted by molar-refractivity contribution is 5.99. The van der Waals surface area contributed by atoms with Crippen LogP contribution in [0.3, 0.4) is 0 Å². The Labute approximate surface area is 141 Å². The molecule has 0 N–H and O–H groups in total. The molecule has 2 atom stereocenters. The number of fused-ring (bicyclic) bond motifs is 1. The Hall–Kier alpha value is -2.56. The zero-order chi connectivity index (χ0) is 16.7. The van der Waals surface area contributed by atoms with Crippen LogP contribution in [0.4, 0.5) is 5.69 Å². The summed E-state index contributed by atoms with van der Waals surface area (Å²) >= 11 is 0. The second kappa shape index (κ2) is 5.82. The molecule has 2 aromatic rings. The minimum atomic E-state index is 0.0186. The first-order chi connectivity index (χ1) is 11.7. The maximum atomic E-state index is 12.9. The predicted molar refractivity (Wildman–Crippen MR) is 90.7 cm³/mol. The van der Waals surface area contributed by atoms with Crippen LogP contribution in [0.1, 0.15) is 23.5 Å². The Morgan fingerprint density at radius 2 is 2.12 bits per heavy atom. The molecule has 5 nitrogen and oxygen atoms in total. The topological polar surface area (TPSA) is 51.7 Å². The second-order valence-electron chi connectivity index (χ2n) is 6.30. The Morgan fingerprint density at radius 3 is 2.92 bits per heavy atom. The lowest BCUT2D eigenvalue weighted by Crippen LogP contribution is -2.30. The van der Waals surface area contributed by atoms with Crippen molar-refractivity contribution in [1.82, 2.24) is 4.98 Å². The van der Waals surface area contributed by atoms with Gasteiger partial charge in [0.05, 0.1) is 14.2 Å². The minimum absolute atomic E-state index is 0.0186. The monoisotopic (exact) mass is 324 g/mol. The molecule has 0 saturated heterocycles. The fraction of sp³-hybridized carbons (Fsp3) is 0.368. The van der Waals surface area contributed by atoms with Gasteiger partial charge in [-0.15, -0.1) is 0 Å². The van der Waals surface area contributed by atoms with Crippen molar-refractivity contribution in [3.05, 3.63) is 47.8 Å². The largest absolute Gasteiger partial charge is 0.497 e. The van der Waals surface area contributed by atoms with Crippen LogP contribution in [0.2, 0.25) is 0 Å². The summed E-state index contributed by atoms with van der Waals surface area (Å²) in [5.41, 5.74) is 3.23. The second-order valence-corrected chi connectivity index (χ2v) is 6.30. The maximum absolute atomic E-state index is 12.9. The normalized spacial score (nSPS) is 21.3. The molecule has 0 spiro atoms. The van der Waals surface area contributed by atoms with Crippen LogP contribution in [0, 0.1) is 5.92 Å². The SMILES string of the molecule is COc1ccc(OC)c([C@H]2C[C@@H]2C(=O)N2CCc3cnccc32)c1. The number of carbonyl (C=O) groups excluding carboxylic acids is 1. The summed E-state index contributed by atoms with van der Waals surface area (Å²) in [7, 11) is 3.31. The van der Waals surface area contributed by atoms with E-state index in [2.05, 4.69) is 4.98 Å². The van der Waals surface area contributed by atoms with E-state index in [1.54, 1.807) is 20.4 Å². The van der Waals surface area contributed by atoms with Gasteiger partial charge in [0, 0.05) is 42.0 Å². The molecule has 0 bridgehead atoms. The number of anilines is 1. The fourth-order valence-corrected chi connectivity index (χ4v) is 3.60. The van der Waals surface area contributed by atoms with Gasteiger partial charge in [-0.3, -0.25) is 9.78 Å². The van der Waals surface area contributed by atoms with Crippen LogP contribution >= 0.6 is 0 Å². The molecule has 1 aliphatic heterocycles. The lowest BCUT2D eigenvalue weighted by Gasteiger charge is -2.17. The van der Waals surface area contributed by atoms with E-state index in [0.29, 0.717) is 0 Å². The lowest BCUT2D eigenvalue weighted by atomic mass is 10.1. The molecule has 24 heavy (non-hydrogen) atoms. The molecule has 1 fully saturated rings. The highest BCUT2D eigenvalue weighted by atomic mass is 16.5. The van der Waals surface area contributed by atoms with Gasteiger partial charge in [0.15, 0.2) is 0 Å².